The number of hydrogen-bond donors (Lipinski definition) is 1. The summed E-state index contributed by atoms with van der Waals surface area (Å²) in [5.41, 5.74) is -1.49. The molecule has 2 rings (SSSR count). The van der Waals surface area contributed by atoms with Gasteiger partial charge in [0.25, 0.3) is 0 Å². The molecule has 1 saturated carbocycles. The van der Waals surface area contributed by atoms with Crippen molar-refractivity contribution in [2.24, 2.45) is 5.92 Å². The molecular weight excluding hydrogens is 210 g/mol. The van der Waals surface area contributed by atoms with E-state index in [-0.39, 0.29) is 11.5 Å². The predicted octanol–water partition coefficient (Wildman–Crippen LogP) is 3.36. The Morgan fingerprint density at radius 3 is 2.44 bits per heavy atom. The average molecular weight is 226 g/mol. The summed E-state index contributed by atoms with van der Waals surface area (Å²) in [4.78, 5) is 0. The van der Waals surface area contributed by atoms with Crippen molar-refractivity contribution in [1.29, 1.82) is 0 Å². The highest BCUT2D eigenvalue weighted by Crippen LogP contribution is 2.43. The highest BCUT2D eigenvalue weighted by Gasteiger charge is 2.41. The third kappa shape index (κ3) is 1.73. The number of benzene rings is 1. The maximum Gasteiger partial charge on any atom is 0.132 e. The molecule has 0 spiro atoms. The third-order valence-corrected chi connectivity index (χ3v) is 3.66. The topological polar surface area (TPSA) is 20.2 Å². The van der Waals surface area contributed by atoms with E-state index in [2.05, 4.69) is 0 Å². The molecule has 1 aromatic rings. The van der Waals surface area contributed by atoms with Gasteiger partial charge in [-0.25, -0.2) is 8.78 Å². The van der Waals surface area contributed by atoms with Gasteiger partial charge < -0.3 is 5.11 Å². The molecule has 88 valence electrons. The van der Waals surface area contributed by atoms with Crippen molar-refractivity contribution in [1.82, 2.24) is 0 Å². The second kappa shape index (κ2) is 4.13. The molecule has 0 bridgehead atoms. The molecule has 0 saturated heterocycles. The first-order valence-corrected chi connectivity index (χ1v) is 5.72. The van der Waals surface area contributed by atoms with Crippen molar-refractivity contribution in [3.63, 3.8) is 0 Å². The second-order valence-electron chi connectivity index (χ2n) is 4.67. The first kappa shape index (κ1) is 11.5. The number of halogens is 2. The lowest BCUT2D eigenvalue weighted by Gasteiger charge is -2.38. The van der Waals surface area contributed by atoms with Gasteiger partial charge in [-0.15, -0.1) is 0 Å². The van der Waals surface area contributed by atoms with Gasteiger partial charge in [-0.2, -0.15) is 0 Å². The van der Waals surface area contributed by atoms with E-state index in [1.807, 2.05) is 6.92 Å². The van der Waals surface area contributed by atoms with Crippen LogP contribution >= 0.6 is 0 Å². The van der Waals surface area contributed by atoms with Gasteiger partial charge in [-0.1, -0.05) is 25.8 Å². The molecule has 2 atom stereocenters. The Bertz CT molecular complexity index is 371. The Balaban J connectivity index is 2.49. The van der Waals surface area contributed by atoms with Crippen molar-refractivity contribution in [2.45, 2.75) is 38.2 Å². The summed E-state index contributed by atoms with van der Waals surface area (Å²) in [7, 11) is 0. The maximum atomic E-state index is 13.7. The van der Waals surface area contributed by atoms with Crippen molar-refractivity contribution < 1.29 is 13.9 Å². The van der Waals surface area contributed by atoms with Crippen LogP contribution in [0.1, 0.15) is 38.2 Å². The van der Waals surface area contributed by atoms with Crippen LogP contribution in [0.25, 0.3) is 0 Å². The molecular formula is C13H16F2O. The summed E-state index contributed by atoms with van der Waals surface area (Å²) in [6, 6.07) is 3.74. The normalized spacial score (nSPS) is 30.4. The largest absolute Gasteiger partial charge is 0.385 e. The van der Waals surface area contributed by atoms with Crippen LogP contribution in [0.15, 0.2) is 18.2 Å². The number of aliphatic hydroxyl groups is 1. The van der Waals surface area contributed by atoms with E-state index >= 15 is 0 Å². The first-order valence-electron chi connectivity index (χ1n) is 5.72. The smallest absolute Gasteiger partial charge is 0.132 e. The molecule has 1 fully saturated rings. The molecule has 1 aromatic carbocycles. The molecule has 0 radical (unpaired) electrons. The molecule has 0 heterocycles. The van der Waals surface area contributed by atoms with E-state index in [1.54, 1.807) is 0 Å². The van der Waals surface area contributed by atoms with Crippen LogP contribution in [0.3, 0.4) is 0 Å². The summed E-state index contributed by atoms with van der Waals surface area (Å²) in [5, 5.41) is 10.5. The van der Waals surface area contributed by atoms with Crippen molar-refractivity contribution in [3.8, 4) is 0 Å². The Hall–Kier alpha value is -0.960. The Morgan fingerprint density at radius 1 is 1.25 bits per heavy atom. The minimum Gasteiger partial charge on any atom is -0.385 e. The molecule has 0 amide bonds. The molecule has 1 aliphatic carbocycles. The summed E-state index contributed by atoms with van der Waals surface area (Å²) >= 11 is 0. The van der Waals surface area contributed by atoms with Crippen LogP contribution in [0, 0.1) is 17.6 Å². The van der Waals surface area contributed by atoms with Gasteiger partial charge in [-0.3, -0.25) is 0 Å². The molecule has 1 nitrogen and oxygen atoms in total. The van der Waals surface area contributed by atoms with Gasteiger partial charge in [-0.05, 0) is 30.9 Å². The zero-order valence-corrected chi connectivity index (χ0v) is 9.34. The fourth-order valence-electron chi connectivity index (χ4n) is 2.61. The number of hydrogen-bond acceptors (Lipinski definition) is 1. The molecule has 0 aliphatic heterocycles. The van der Waals surface area contributed by atoms with Gasteiger partial charge in [0.05, 0.1) is 11.2 Å². The lowest BCUT2D eigenvalue weighted by molar-refractivity contribution is -0.0524. The van der Waals surface area contributed by atoms with Gasteiger partial charge in [0.2, 0.25) is 0 Å². The standard InChI is InChI=1S/C13H16F2O/c1-9-5-2-3-8-13(9,16)12-10(14)6-4-7-11(12)15/h4,6-7,9,16H,2-3,5,8H2,1H3. The van der Waals surface area contributed by atoms with E-state index in [0.29, 0.717) is 6.42 Å². The van der Waals surface area contributed by atoms with Crippen LogP contribution in [0.4, 0.5) is 8.78 Å². The summed E-state index contributed by atoms with van der Waals surface area (Å²) in [6.45, 7) is 1.85. The average Bonchev–Trinajstić information content (AvgIpc) is 2.22. The monoisotopic (exact) mass is 226 g/mol. The van der Waals surface area contributed by atoms with Gasteiger partial charge >= 0.3 is 0 Å². The Labute approximate surface area is 94.1 Å². The zero-order valence-electron chi connectivity index (χ0n) is 9.34. The van der Waals surface area contributed by atoms with Crippen molar-refractivity contribution in [3.05, 3.63) is 35.4 Å². The van der Waals surface area contributed by atoms with Gasteiger partial charge in [0.15, 0.2) is 0 Å². The summed E-state index contributed by atoms with van der Waals surface area (Å²) in [6.07, 6.45) is 3.07. The Morgan fingerprint density at radius 2 is 1.88 bits per heavy atom. The van der Waals surface area contributed by atoms with Crippen LogP contribution in [-0.4, -0.2) is 5.11 Å². The quantitative estimate of drug-likeness (QED) is 0.778. The molecule has 1 N–H and O–H groups in total. The van der Waals surface area contributed by atoms with Crippen molar-refractivity contribution in [2.75, 3.05) is 0 Å². The van der Waals surface area contributed by atoms with Crippen LogP contribution in [0.2, 0.25) is 0 Å². The molecule has 2 unspecified atom stereocenters. The van der Waals surface area contributed by atoms with Crippen molar-refractivity contribution >= 4 is 0 Å². The second-order valence-corrected chi connectivity index (χ2v) is 4.67. The first-order chi connectivity index (χ1) is 7.55. The highest BCUT2D eigenvalue weighted by atomic mass is 19.1. The molecule has 1 aliphatic rings. The third-order valence-electron chi connectivity index (χ3n) is 3.66. The number of rotatable bonds is 1. The van der Waals surface area contributed by atoms with E-state index in [9.17, 15) is 13.9 Å². The molecule has 16 heavy (non-hydrogen) atoms. The van der Waals surface area contributed by atoms with E-state index in [0.717, 1.165) is 19.3 Å². The van der Waals surface area contributed by atoms with Gasteiger partial charge in [0.1, 0.15) is 11.6 Å². The van der Waals surface area contributed by atoms with Crippen LogP contribution < -0.4 is 0 Å². The van der Waals surface area contributed by atoms with E-state index in [4.69, 9.17) is 0 Å². The SMILES string of the molecule is CC1CCCCC1(O)c1c(F)cccc1F. The lowest BCUT2D eigenvalue weighted by atomic mass is 9.72. The van der Waals surface area contributed by atoms with E-state index < -0.39 is 17.2 Å². The van der Waals surface area contributed by atoms with Gasteiger partial charge in [0, 0.05) is 0 Å². The summed E-state index contributed by atoms with van der Waals surface area (Å²) < 4.78 is 27.3. The fourth-order valence-corrected chi connectivity index (χ4v) is 2.61. The van der Waals surface area contributed by atoms with Crippen LogP contribution in [0.5, 0.6) is 0 Å². The summed E-state index contributed by atoms with van der Waals surface area (Å²) in [5.74, 6) is -1.39. The zero-order chi connectivity index (χ0) is 11.8. The minimum absolute atomic E-state index is 0.104. The Kier molecular flexibility index (Phi) is 2.98. The maximum absolute atomic E-state index is 13.7. The van der Waals surface area contributed by atoms with E-state index in [1.165, 1.54) is 18.2 Å². The fraction of sp³-hybridized carbons (Fsp3) is 0.538. The lowest BCUT2D eigenvalue weighted by Crippen LogP contribution is -2.38. The highest BCUT2D eigenvalue weighted by molar-refractivity contribution is 5.27. The van der Waals surface area contributed by atoms with Crippen LogP contribution in [-0.2, 0) is 5.60 Å². The molecule has 3 heteroatoms. The minimum atomic E-state index is -1.34. The molecule has 0 aromatic heterocycles. The predicted molar refractivity (Wildman–Crippen MR) is 57.9 cm³/mol.